The highest BCUT2D eigenvalue weighted by Crippen LogP contribution is 2.45. The first kappa shape index (κ1) is 22.1. The van der Waals surface area contributed by atoms with Gasteiger partial charge in [-0.15, -0.1) is 0 Å². The van der Waals surface area contributed by atoms with Gasteiger partial charge in [0.25, 0.3) is 5.01 Å². The number of nitrogens with zero attached hydrogens (tertiary/aromatic N) is 3. The summed E-state index contributed by atoms with van der Waals surface area (Å²) in [7, 11) is 3.40. The third kappa shape index (κ3) is 4.57. The lowest BCUT2D eigenvalue weighted by molar-refractivity contribution is -0.679. The Kier molecular flexibility index (Phi) is 6.10. The zero-order chi connectivity index (χ0) is 22.9. The Morgan fingerprint density at radius 1 is 1.34 bits per heavy atom. The summed E-state index contributed by atoms with van der Waals surface area (Å²) in [6, 6.07) is 7.71. The molecule has 0 unspecified atom stereocenters. The van der Waals surface area contributed by atoms with Crippen molar-refractivity contribution in [1.29, 1.82) is 0 Å². The van der Waals surface area contributed by atoms with Crippen LogP contribution in [0.4, 0.5) is 16.0 Å². The Hall–Kier alpha value is -3.07. The van der Waals surface area contributed by atoms with Gasteiger partial charge < -0.3 is 15.2 Å². The van der Waals surface area contributed by atoms with E-state index in [4.69, 9.17) is 4.74 Å². The fraction of sp³-hybridized carbons (Fsp3) is 0.391. The number of thiazole rings is 1. The number of anilines is 2. The summed E-state index contributed by atoms with van der Waals surface area (Å²) in [6.07, 6.45) is 4.73. The van der Waals surface area contributed by atoms with Gasteiger partial charge in [0.05, 0.1) is 13.0 Å². The molecule has 2 N–H and O–H groups in total. The molecule has 4 rings (SSSR count). The van der Waals surface area contributed by atoms with Crippen LogP contribution in [0.15, 0.2) is 36.7 Å². The summed E-state index contributed by atoms with van der Waals surface area (Å²) in [5.41, 5.74) is 1.33. The zero-order valence-corrected chi connectivity index (χ0v) is 19.1. The Morgan fingerprint density at radius 3 is 2.78 bits per heavy atom. The molecule has 0 atom stereocenters. The smallest absolute Gasteiger partial charge is 0.306 e. The van der Waals surface area contributed by atoms with Crippen molar-refractivity contribution in [3.63, 3.8) is 0 Å². The molecule has 0 aliphatic heterocycles. The van der Waals surface area contributed by atoms with Gasteiger partial charge >= 0.3 is 5.97 Å². The minimum absolute atomic E-state index is 0.228. The topological polar surface area (TPSA) is 88.2 Å². The van der Waals surface area contributed by atoms with Crippen LogP contribution in [0.25, 0.3) is 10.4 Å². The van der Waals surface area contributed by atoms with E-state index in [2.05, 4.69) is 21.4 Å². The average molecular weight is 458 g/mol. The number of ether oxygens (including phenoxy) is 1. The molecular formula is C23H26FN4O3S+. The van der Waals surface area contributed by atoms with Crippen LogP contribution in [0, 0.1) is 12.8 Å². The quantitative estimate of drug-likeness (QED) is 0.529. The van der Waals surface area contributed by atoms with Crippen LogP contribution in [0.2, 0.25) is 0 Å². The molecule has 2 aromatic heterocycles. The van der Waals surface area contributed by atoms with Gasteiger partial charge in [-0.2, -0.15) is 9.55 Å². The highest BCUT2D eigenvalue weighted by atomic mass is 32.1. The lowest BCUT2D eigenvalue weighted by Gasteiger charge is -2.28. The maximum Gasteiger partial charge on any atom is 0.306 e. The lowest BCUT2D eigenvalue weighted by Crippen LogP contribution is -2.40. The fourth-order valence-corrected chi connectivity index (χ4v) is 5.40. The minimum atomic E-state index is -1.50. The molecule has 7 nitrogen and oxygen atoms in total. The molecule has 0 radical (unpaired) electrons. The first-order valence-electron chi connectivity index (χ1n) is 10.5. The van der Waals surface area contributed by atoms with Crippen LogP contribution >= 0.6 is 11.3 Å². The Balaban J connectivity index is 1.60. The first-order valence-corrected chi connectivity index (χ1v) is 11.3. The van der Waals surface area contributed by atoms with Crippen molar-refractivity contribution in [2.75, 3.05) is 12.4 Å². The second-order valence-electron chi connectivity index (χ2n) is 8.22. The van der Waals surface area contributed by atoms with Crippen molar-refractivity contribution in [1.82, 2.24) is 9.97 Å². The number of hydrogen-bond donors (Lipinski definition) is 2. The second-order valence-corrected chi connectivity index (χ2v) is 9.26. The molecule has 2 heterocycles. The van der Waals surface area contributed by atoms with Gasteiger partial charge in [0.1, 0.15) is 11.9 Å². The van der Waals surface area contributed by atoms with E-state index in [1.54, 1.807) is 19.4 Å². The minimum Gasteiger partial charge on any atom is -0.481 e. The van der Waals surface area contributed by atoms with Crippen LogP contribution in [-0.4, -0.2) is 28.2 Å². The number of carbonyl (C=O) groups is 1. The van der Waals surface area contributed by atoms with Crippen LogP contribution in [0.5, 0.6) is 5.88 Å². The maximum atomic E-state index is 15.8. The maximum absolute atomic E-state index is 15.8. The standard InChI is InChI=1S/C23H25FN4O3S/c1-14-10-16(12-17(11-14)26-22-25-9-6-19(27-22)31-3)18-13-28(2)21(32-18)23(24)7-4-15(5-8-23)20(29)30/h6,9-13,15H,4-5,7-8H2,1-3H3,(H-,25,26,27,29,30)/p+1. The van der Waals surface area contributed by atoms with Gasteiger partial charge in [-0.25, -0.2) is 9.37 Å². The number of hydrogen-bond acceptors (Lipinski definition) is 6. The molecule has 1 saturated carbocycles. The Morgan fingerprint density at radius 2 is 2.09 bits per heavy atom. The molecule has 1 fully saturated rings. The summed E-state index contributed by atoms with van der Waals surface area (Å²) in [5.74, 6) is -0.386. The monoisotopic (exact) mass is 457 g/mol. The Bertz CT molecular complexity index is 1140. The molecule has 3 aromatic rings. The zero-order valence-electron chi connectivity index (χ0n) is 18.3. The summed E-state index contributed by atoms with van der Waals surface area (Å²) >= 11 is 1.42. The fourth-order valence-electron chi connectivity index (χ4n) is 4.16. The van der Waals surface area contributed by atoms with E-state index < -0.39 is 17.6 Å². The lowest BCUT2D eigenvalue weighted by atomic mass is 9.80. The van der Waals surface area contributed by atoms with E-state index in [1.807, 2.05) is 36.9 Å². The average Bonchev–Trinajstić information content (AvgIpc) is 3.16. The predicted octanol–water partition coefficient (Wildman–Crippen LogP) is 4.53. The van der Waals surface area contributed by atoms with Crippen LogP contribution in [0.3, 0.4) is 0 Å². The SMILES string of the molecule is COc1ccnc(Nc2cc(C)cc(-c3c[n+](C)c(C4(F)CCC(C(=O)O)CC4)s3)c2)n1. The summed E-state index contributed by atoms with van der Waals surface area (Å²) in [6.45, 7) is 2.00. The molecule has 168 valence electrons. The molecule has 0 amide bonds. The van der Waals surface area contributed by atoms with Gasteiger partial charge in [0.2, 0.25) is 17.5 Å². The van der Waals surface area contributed by atoms with Gasteiger partial charge in [-0.05, 0) is 50.3 Å². The molecule has 0 bridgehead atoms. The number of halogens is 1. The Labute approximate surface area is 189 Å². The predicted molar refractivity (Wildman–Crippen MR) is 120 cm³/mol. The normalized spacial score (nSPS) is 20.7. The van der Waals surface area contributed by atoms with Gasteiger partial charge in [0.15, 0.2) is 6.20 Å². The van der Waals surface area contributed by atoms with Crippen LogP contribution in [0.1, 0.15) is 36.3 Å². The summed E-state index contributed by atoms with van der Waals surface area (Å²) in [5, 5.41) is 13.1. The van der Waals surface area contributed by atoms with Crippen LogP contribution < -0.4 is 14.6 Å². The van der Waals surface area contributed by atoms with Gasteiger partial charge in [-0.3, -0.25) is 4.79 Å². The highest BCUT2D eigenvalue weighted by molar-refractivity contribution is 7.14. The molecule has 0 spiro atoms. The van der Waals surface area contributed by atoms with E-state index in [1.165, 1.54) is 11.3 Å². The molecule has 0 saturated heterocycles. The number of methoxy groups -OCH3 is 1. The van der Waals surface area contributed by atoms with Crippen LogP contribution in [-0.2, 0) is 17.5 Å². The summed E-state index contributed by atoms with van der Waals surface area (Å²) < 4.78 is 22.8. The third-order valence-corrected chi connectivity index (χ3v) is 7.21. The van der Waals surface area contributed by atoms with Crippen molar-refractivity contribution >= 4 is 28.9 Å². The van der Waals surface area contributed by atoms with E-state index in [0.717, 1.165) is 21.7 Å². The largest absolute Gasteiger partial charge is 0.481 e. The highest BCUT2D eigenvalue weighted by Gasteiger charge is 2.46. The molecule has 32 heavy (non-hydrogen) atoms. The van der Waals surface area contributed by atoms with Gasteiger partial charge in [-0.1, -0.05) is 17.4 Å². The molecule has 1 aliphatic carbocycles. The number of carboxylic acid groups (broad SMARTS) is 1. The second kappa shape index (κ2) is 8.82. The van der Waals surface area contributed by atoms with E-state index in [9.17, 15) is 9.90 Å². The number of benzene rings is 1. The summed E-state index contributed by atoms with van der Waals surface area (Å²) in [4.78, 5) is 20.7. The van der Waals surface area contributed by atoms with Crippen molar-refractivity contribution in [3.8, 4) is 16.3 Å². The molecule has 1 aromatic carbocycles. The van der Waals surface area contributed by atoms with Crippen molar-refractivity contribution in [2.24, 2.45) is 13.0 Å². The first-order chi connectivity index (χ1) is 15.3. The molecular weight excluding hydrogens is 431 g/mol. The van der Waals surface area contributed by atoms with Crippen molar-refractivity contribution < 1.29 is 23.6 Å². The third-order valence-electron chi connectivity index (χ3n) is 5.81. The van der Waals surface area contributed by atoms with Crippen molar-refractivity contribution in [2.45, 2.75) is 38.3 Å². The molecule has 9 heteroatoms. The number of rotatable bonds is 6. The van der Waals surface area contributed by atoms with E-state index in [0.29, 0.717) is 29.7 Å². The number of carboxylic acids is 1. The number of aryl methyl sites for hydroxylation is 2. The molecule has 1 aliphatic rings. The van der Waals surface area contributed by atoms with Gasteiger partial charge in [0, 0.05) is 23.5 Å². The number of alkyl halides is 1. The number of aliphatic carboxylic acids is 1. The number of aromatic nitrogens is 3. The van der Waals surface area contributed by atoms with E-state index in [-0.39, 0.29) is 12.8 Å². The van der Waals surface area contributed by atoms with E-state index >= 15 is 4.39 Å². The number of nitrogens with one attached hydrogen (secondary N) is 1. The van der Waals surface area contributed by atoms with Crippen molar-refractivity contribution in [3.05, 3.63) is 47.2 Å².